The van der Waals surface area contributed by atoms with Crippen LogP contribution >= 0.6 is 39.1 Å². The van der Waals surface area contributed by atoms with Gasteiger partial charge in [0.25, 0.3) is 0 Å². The summed E-state index contributed by atoms with van der Waals surface area (Å²) in [5, 5.41) is 4.79. The van der Waals surface area contributed by atoms with E-state index in [0.29, 0.717) is 10.0 Å². The van der Waals surface area contributed by atoms with Crippen LogP contribution in [0.5, 0.6) is 5.75 Å². The zero-order valence-electron chi connectivity index (χ0n) is 11.8. The molecule has 0 amide bonds. The maximum Gasteiger partial charge on any atom is 0.122 e. The lowest BCUT2D eigenvalue weighted by Crippen LogP contribution is -2.10. The van der Waals surface area contributed by atoms with E-state index in [1.165, 1.54) is 0 Å². The molecular formula is C16H16BrCl2NO. The van der Waals surface area contributed by atoms with Crippen molar-refractivity contribution in [3.63, 3.8) is 0 Å². The summed E-state index contributed by atoms with van der Waals surface area (Å²) in [4.78, 5) is 0. The quantitative estimate of drug-likeness (QED) is 0.646. The lowest BCUT2D eigenvalue weighted by molar-refractivity contribution is 0.414. The Balaban J connectivity index is 2.28. The minimum Gasteiger partial charge on any atom is -0.497 e. The van der Waals surface area contributed by atoms with Crippen LogP contribution in [-0.2, 0) is 0 Å². The molecule has 0 saturated heterocycles. The van der Waals surface area contributed by atoms with Crippen LogP contribution in [0.1, 0.15) is 24.9 Å². The Kier molecular flexibility index (Phi) is 5.80. The van der Waals surface area contributed by atoms with Gasteiger partial charge in [-0.2, -0.15) is 0 Å². The predicted molar refractivity (Wildman–Crippen MR) is 93.8 cm³/mol. The van der Waals surface area contributed by atoms with Gasteiger partial charge in [0, 0.05) is 26.3 Å². The zero-order valence-corrected chi connectivity index (χ0v) is 14.9. The summed E-state index contributed by atoms with van der Waals surface area (Å²) < 4.78 is 6.24. The molecular weight excluding hydrogens is 373 g/mol. The minimum atomic E-state index is 0.105. The minimum absolute atomic E-state index is 0.105. The molecule has 2 nitrogen and oxygen atoms in total. The van der Waals surface area contributed by atoms with Crippen LogP contribution in [0.2, 0.25) is 10.0 Å². The SMILES string of the molecule is CCC(Nc1cc(Br)cc(OC)c1)c1ccc(Cl)cc1Cl. The van der Waals surface area contributed by atoms with E-state index < -0.39 is 0 Å². The molecule has 0 aliphatic rings. The van der Waals surface area contributed by atoms with E-state index in [4.69, 9.17) is 27.9 Å². The molecule has 0 heterocycles. The fraction of sp³-hybridized carbons (Fsp3) is 0.250. The Morgan fingerprint density at radius 1 is 1.19 bits per heavy atom. The van der Waals surface area contributed by atoms with E-state index in [1.54, 1.807) is 13.2 Å². The van der Waals surface area contributed by atoms with E-state index in [2.05, 4.69) is 28.2 Å². The van der Waals surface area contributed by atoms with E-state index in [1.807, 2.05) is 30.3 Å². The molecule has 21 heavy (non-hydrogen) atoms. The van der Waals surface area contributed by atoms with Crippen molar-refractivity contribution in [2.24, 2.45) is 0 Å². The first-order chi connectivity index (χ1) is 10.0. The highest BCUT2D eigenvalue weighted by atomic mass is 79.9. The van der Waals surface area contributed by atoms with Gasteiger partial charge in [-0.15, -0.1) is 0 Å². The summed E-state index contributed by atoms with van der Waals surface area (Å²) in [5.41, 5.74) is 2.00. The lowest BCUT2D eigenvalue weighted by atomic mass is 10.0. The Morgan fingerprint density at radius 2 is 1.95 bits per heavy atom. The Morgan fingerprint density at radius 3 is 2.57 bits per heavy atom. The number of hydrogen-bond donors (Lipinski definition) is 1. The molecule has 0 aromatic heterocycles. The molecule has 0 radical (unpaired) electrons. The van der Waals surface area contributed by atoms with E-state index in [9.17, 15) is 0 Å². The lowest BCUT2D eigenvalue weighted by Gasteiger charge is -2.20. The molecule has 0 spiro atoms. The predicted octanol–water partition coefficient (Wildman–Crippen LogP) is 6.33. The number of rotatable bonds is 5. The van der Waals surface area contributed by atoms with Crippen molar-refractivity contribution < 1.29 is 4.74 Å². The topological polar surface area (TPSA) is 21.3 Å². The van der Waals surface area contributed by atoms with Crippen LogP contribution in [0.4, 0.5) is 5.69 Å². The number of hydrogen-bond acceptors (Lipinski definition) is 2. The molecule has 1 atom stereocenters. The van der Waals surface area contributed by atoms with Gasteiger partial charge in [-0.05, 0) is 36.2 Å². The summed E-state index contributed by atoms with van der Waals surface area (Å²) in [6.07, 6.45) is 0.899. The molecule has 0 aliphatic heterocycles. The molecule has 0 fully saturated rings. The molecule has 2 aromatic rings. The fourth-order valence-corrected chi connectivity index (χ4v) is 3.16. The van der Waals surface area contributed by atoms with Crippen molar-refractivity contribution in [2.75, 3.05) is 12.4 Å². The number of anilines is 1. The van der Waals surface area contributed by atoms with Gasteiger partial charge in [-0.1, -0.05) is 52.1 Å². The molecule has 0 saturated carbocycles. The Bertz CT molecular complexity index is 634. The molecule has 0 aliphatic carbocycles. The van der Waals surface area contributed by atoms with Gasteiger partial charge in [0.15, 0.2) is 0 Å². The second-order valence-electron chi connectivity index (χ2n) is 4.65. The summed E-state index contributed by atoms with van der Waals surface area (Å²) in [6.45, 7) is 2.11. The van der Waals surface area contributed by atoms with Crippen LogP contribution in [0.25, 0.3) is 0 Å². The maximum absolute atomic E-state index is 6.30. The molecule has 112 valence electrons. The largest absolute Gasteiger partial charge is 0.497 e. The first-order valence-corrected chi connectivity index (χ1v) is 8.14. The van der Waals surface area contributed by atoms with E-state index >= 15 is 0 Å². The summed E-state index contributed by atoms with van der Waals surface area (Å²) in [6, 6.07) is 11.6. The fourth-order valence-electron chi connectivity index (χ4n) is 2.15. The van der Waals surface area contributed by atoms with Crippen LogP contribution in [0.3, 0.4) is 0 Å². The number of methoxy groups -OCH3 is 1. The van der Waals surface area contributed by atoms with Crippen LogP contribution in [-0.4, -0.2) is 7.11 Å². The molecule has 2 aromatic carbocycles. The third-order valence-electron chi connectivity index (χ3n) is 3.19. The third kappa shape index (κ3) is 4.29. The second kappa shape index (κ2) is 7.39. The Labute approximate surface area is 143 Å². The first-order valence-electron chi connectivity index (χ1n) is 6.59. The average Bonchev–Trinajstić information content (AvgIpc) is 2.44. The van der Waals surface area contributed by atoms with Gasteiger partial charge in [-0.3, -0.25) is 0 Å². The summed E-state index contributed by atoms with van der Waals surface area (Å²) in [7, 11) is 1.65. The van der Waals surface area contributed by atoms with Gasteiger partial charge in [0.2, 0.25) is 0 Å². The van der Waals surface area contributed by atoms with Crippen molar-refractivity contribution >= 4 is 44.8 Å². The van der Waals surface area contributed by atoms with Crippen molar-refractivity contribution in [3.8, 4) is 5.75 Å². The maximum atomic E-state index is 6.30. The zero-order chi connectivity index (χ0) is 15.4. The van der Waals surface area contributed by atoms with Crippen LogP contribution in [0, 0.1) is 0 Å². The molecule has 1 unspecified atom stereocenters. The van der Waals surface area contributed by atoms with Gasteiger partial charge >= 0.3 is 0 Å². The number of nitrogens with one attached hydrogen (secondary N) is 1. The van der Waals surface area contributed by atoms with E-state index in [0.717, 1.165) is 27.9 Å². The standard InChI is InChI=1S/C16H16BrCl2NO/c1-3-16(14-5-4-11(18)8-15(14)19)20-12-6-10(17)7-13(9-12)21-2/h4-9,16,20H,3H2,1-2H3. The summed E-state index contributed by atoms with van der Waals surface area (Å²) in [5.74, 6) is 0.795. The smallest absolute Gasteiger partial charge is 0.122 e. The van der Waals surface area contributed by atoms with E-state index in [-0.39, 0.29) is 6.04 Å². The number of halogens is 3. The van der Waals surface area contributed by atoms with Gasteiger partial charge in [0.05, 0.1) is 13.2 Å². The van der Waals surface area contributed by atoms with Gasteiger partial charge in [-0.25, -0.2) is 0 Å². The number of ether oxygens (including phenoxy) is 1. The van der Waals surface area contributed by atoms with Crippen molar-refractivity contribution in [2.45, 2.75) is 19.4 Å². The highest BCUT2D eigenvalue weighted by molar-refractivity contribution is 9.10. The highest BCUT2D eigenvalue weighted by Crippen LogP contribution is 2.32. The van der Waals surface area contributed by atoms with Crippen molar-refractivity contribution in [1.82, 2.24) is 0 Å². The second-order valence-corrected chi connectivity index (χ2v) is 6.41. The average molecular weight is 389 g/mol. The highest BCUT2D eigenvalue weighted by Gasteiger charge is 2.14. The van der Waals surface area contributed by atoms with Crippen molar-refractivity contribution in [3.05, 3.63) is 56.5 Å². The van der Waals surface area contributed by atoms with Gasteiger partial charge in [0.1, 0.15) is 5.75 Å². The normalized spacial score (nSPS) is 12.0. The molecule has 0 bridgehead atoms. The molecule has 1 N–H and O–H groups in total. The van der Waals surface area contributed by atoms with Crippen LogP contribution < -0.4 is 10.1 Å². The Hall–Kier alpha value is -0.900. The number of benzene rings is 2. The van der Waals surface area contributed by atoms with Crippen molar-refractivity contribution in [1.29, 1.82) is 0 Å². The first kappa shape index (κ1) is 16.5. The molecule has 2 rings (SSSR count). The third-order valence-corrected chi connectivity index (χ3v) is 4.21. The van der Waals surface area contributed by atoms with Gasteiger partial charge < -0.3 is 10.1 Å². The summed E-state index contributed by atoms with van der Waals surface area (Å²) >= 11 is 15.7. The molecule has 5 heteroatoms. The monoisotopic (exact) mass is 387 g/mol. The van der Waals surface area contributed by atoms with Crippen LogP contribution in [0.15, 0.2) is 40.9 Å².